The Morgan fingerprint density at radius 2 is 1.81 bits per heavy atom. The summed E-state index contributed by atoms with van der Waals surface area (Å²) in [5.74, 6) is 0.104. The number of nitrogen functional groups attached to an aromatic ring is 1. The van der Waals surface area contributed by atoms with Crippen molar-refractivity contribution in [1.82, 2.24) is 9.97 Å². The number of aromatic nitrogens is 2. The van der Waals surface area contributed by atoms with Crippen LogP contribution < -0.4 is 16.0 Å². The van der Waals surface area contributed by atoms with E-state index in [2.05, 4.69) is 15.3 Å². The van der Waals surface area contributed by atoms with E-state index < -0.39 is 5.97 Å². The lowest BCUT2D eigenvalue weighted by Crippen LogP contribution is -2.19. The van der Waals surface area contributed by atoms with Crippen molar-refractivity contribution in [3.8, 4) is 0 Å². The standard InChI is InChI=1S/C19H19N5O2/c1-2-24(15-6-4-3-5-7-15)18-16(20)17(21-12-22-18)23-14-10-8-13(9-11-14)19(25)26/h3-12H,2,20H2,1H3,(H,25,26)(H,21,22,23). The van der Waals surface area contributed by atoms with Gasteiger partial charge >= 0.3 is 5.97 Å². The van der Waals surface area contributed by atoms with E-state index in [9.17, 15) is 4.79 Å². The fourth-order valence-electron chi connectivity index (χ4n) is 2.60. The largest absolute Gasteiger partial charge is 0.478 e. The van der Waals surface area contributed by atoms with Crippen LogP contribution in [0.3, 0.4) is 0 Å². The second kappa shape index (κ2) is 7.52. The molecule has 1 heterocycles. The number of benzene rings is 2. The molecule has 0 spiro atoms. The monoisotopic (exact) mass is 349 g/mol. The molecule has 1 aromatic heterocycles. The highest BCUT2D eigenvalue weighted by atomic mass is 16.4. The molecule has 0 aliphatic carbocycles. The summed E-state index contributed by atoms with van der Waals surface area (Å²) in [6, 6.07) is 16.2. The molecule has 0 aliphatic rings. The van der Waals surface area contributed by atoms with E-state index in [1.54, 1.807) is 12.1 Å². The van der Waals surface area contributed by atoms with Crippen molar-refractivity contribution in [3.05, 3.63) is 66.5 Å². The van der Waals surface area contributed by atoms with Crippen molar-refractivity contribution in [2.75, 3.05) is 22.5 Å². The van der Waals surface area contributed by atoms with Crippen LogP contribution in [0, 0.1) is 0 Å². The molecular formula is C19H19N5O2. The summed E-state index contributed by atoms with van der Waals surface area (Å²) in [7, 11) is 0. The van der Waals surface area contributed by atoms with E-state index in [1.165, 1.54) is 18.5 Å². The predicted octanol–water partition coefficient (Wildman–Crippen LogP) is 3.66. The average Bonchev–Trinajstić information content (AvgIpc) is 2.66. The zero-order chi connectivity index (χ0) is 18.5. The number of carbonyl (C=O) groups is 1. The number of nitrogens with one attached hydrogen (secondary N) is 1. The van der Waals surface area contributed by atoms with Crippen molar-refractivity contribution < 1.29 is 9.90 Å². The minimum absolute atomic E-state index is 0.216. The molecule has 0 saturated carbocycles. The zero-order valence-electron chi connectivity index (χ0n) is 14.3. The molecule has 4 N–H and O–H groups in total. The van der Waals surface area contributed by atoms with Crippen LogP contribution in [-0.4, -0.2) is 27.6 Å². The van der Waals surface area contributed by atoms with Gasteiger partial charge in [-0.15, -0.1) is 0 Å². The summed E-state index contributed by atoms with van der Waals surface area (Å²) < 4.78 is 0. The van der Waals surface area contributed by atoms with Crippen LogP contribution in [0.25, 0.3) is 0 Å². The summed E-state index contributed by atoms with van der Waals surface area (Å²) in [6.07, 6.45) is 1.45. The number of nitrogens with two attached hydrogens (primary N) is 1. The van der Waals surface area contributed by atoms with Gasteiger partial charge in [0.1, 0.15) is 12.0 Å². The van der Waals surface area contributed by atoms with Gasteiger partial charge in [0.15, 0.2) is 11.6 Å². The van der Waals surface area contributed by atoms with Gasteiger partial charge in [0, 0.05) is 17.9 Å². The van der Waals surface area contributed by atoms with Crippen molar-refractivity contribution in [2.45, 2.75) is 6.92 Å². The highest BCUT2D eigenvalue weighted by Crippen LogP contribution is 2.32. The number of rotatable bonds is 6. The van der Waals surface area contributed by atoms with Crippen LogP contribution in [0.1, 0.15) is 17.3 Å². The number of carboxylic acid groups (broad SMARTS) is 1. The van der Waals surface area contributed by atoms with Crippen LogP contribution in [-0.2, 0) is 0 Å². The molecule has 0 fully saturated rings. The average molecular weight is 349 g/mol. The SMILES string of the molecule is CCN(c1ccccc1)c1ncnc(Nc2ccc(C(=O)O)cc2)c1N. The molecule has 0 radical (unpaired) electrons. The highest BCUT2D eigenvalue weighted by molar-refractivity contribution is 5.88. The smallest absolute Gasteiger partial charge is 0.335 e. The van der Waals surface area contributed by atoms with Crippen molar-refractivity contribution in [2.24, 2.45) is 0 Å². The Balaban J connectivity index is 1.90. The second-order valence-corrected chi connectivity index (χ2v) is 5.55. The van der Waals surface area contributed by atoms with E-state index in [0.29, 0.717) is 29.6 Å². The molecule has 7 heteroatoms. The van der Waals surface area contributed by atoms with Gasteiger partial charge in [0.05, 0.1) is 5.56 Å². The minimum Gasteiger partial charge on any atom is -0.478 e. The Morgan fingerprint density at radius 1 is 1.12 bits per heavy atom. The van der Waals surface area contributed by atoms with Crippen molar-refractivity contribution in [1.29, 1.82) is 0 Å². The Morgan fingerprint density at radius 3 is 2.42 bits per heavy atom. The van der Waals surface area contributed by atoms with Gasteiger partial charge in [-0.2, -0.15) is 0 Å². The van der Waals surface area contributed by atoms with Gasteiger partial charge in [0.2, 0.25) is 0 Å². The van der Waals surface area contributed by atoms with E-state index in [0.717, 1.165) is 5.69 Å². The number of aromatic carboxylic acids is 1. The van der Waals surface area contributed by atoms with Crippen LogP contribution >= 0.6 is 0 Å². The molecule has 0 aliphatic heterocycles. The summed E-state index contributed by atoms with van der Waals surface area (Å²) >= 11 is 0. The van der Waals surface area contributed by atoms with E-state index in [4.69, 9.17) is 10.8 Å². The third kappa shape index (κ3) is 3.56. The van der Waals surface area contributed by atoms with Gasteiger partial charge < -0.3 is 21.1 Å². The van der Waals surface area contributed by atoms with Gasteiger partial charge in [-0.1, -0.05) is 18.2 Å². The first-order chi connectivity index (χ1) is 12.6. The maximum absolute atomic E-state index is 10.9. The molecule has 0 atom stereocenters. The number of carboxylic acids is 1. The third-order valence-electron chi connectivity index (χ3n) is 3.90. The maximum Gasteiger partial charge on any atom is 0.335 e. The number of hydrogen-bond acceptors (Lipinski definition) is 6. The lowest BCUT2D eigenvalue weighted by molar-refractivity contribution is 0.0697. The first-order valence-corrected chi connectivity index (χ1v) is 8.13. The Hall–Kier alpha value is -3.61. The number of anilines is 5. The second-order valence-electron chi connectivity index (χ2n) is 5.55. The van der Waals surface area contributed by atoms with Crippen LogP contribution in [0.2, 0.25) is 0 Å². The van der Waals surface area contributed by atoms with E-state index >= 15 is 0 Å². The predicted molar refractivity (Wildman–Crippen MR) is 102 cm³/mol. The quantitative estimate of drug-likeness (QED) is 0.624. The first-order valence-electron chi connectivity index (χ1n) is 8.13. The molecule has 26 heavy (non-hydrogen) atoms. The van der Waals surface area contributed by atoms with Gasteiger partial charge in [-0.25, -0.2) is 14.8 Å². The summed E-state index contributed by atoms with van der Waals surface area (Å²) in [5.41, 5.74) is 8.61. The lowest BCUT2D eigenvalue weighted by atomic mass is 10.2. The molecule has 7 nitrogen and oxygen atoms in total. The molecule has 3 aromatic rings. The molecular weight excluding hydrogens is 330 g/mol. The topological polar surface area (TPSA) is 104 Å². The van der Waals surface area contributed by atoms with Gasteiger partial charge in [-0.3, -0.25) is 0 Å². The lowest BCUT2D eigenvalue weighted by Gasteiger charge is -2.24. The summed E-state index contributed by atoms with van der Waals surface area (Å²) in [4.78, 5) is 21.5. The molecule has 0 saturated heterocycles. The molecule has 0 bridgehead atoms. The Labute approximate surface area is 151 Å². The molecule has 0 unspecified atom stereocenters. The van der Waals surface area contributed by atoms with E-state index in [-0.39, 0.29) is 5.56 Å². The fraction of sp³-hybridized carbons (Fsp3) is 0.105. The summed E-state index contributed by atoms with van der Waals surface area (Å²) in [6.45, 7) is 2.71. The first kappa shape index (κ1) is 17.2. The molecule has 0 amide bonds. The number of para-hydroxylation sites is 1. The zero-order valence-corrected chi connectivity index (χ0v) is 14.3. The fourth-order valence-corrected chi connectivity index (χ4v) is 2.60. The third-order valence-corrected chi connectivity index (χ3v) is 3.90. The Bertz CT molecular complexity index is 898. The normalized spacial score (nSPS) is 10.3. The molecule has 132 valence electrons. The van der Waals surface area contributed by atoms with Crippen LogP contribution in [0.5, 0.6) is 0 Å². The number of hydrogen-bond donors (Lipinski definition) is 3. The van der Waals surface area contributed by atoms with E-state index in [1.807, 2.05) is 42.2 Å². The van der Waals surface area contributed by atoms with Crippen LogP contribution in [0.15, 0.2) is 60.9 Å². The minimum atomic E-state index is -0.971. The summed E-state index contributed by atoms with van der Waals surface area (Å²) in [5, 5.41) is 12.1. The van der Waals surface area contributed by atoms with Crippen molar-refractivity contribution >= 4 is 34.7 Å². The molecule has 3 rings (SSSR count). The van der Waals surface area contributed by atoms with Crippen molar-refractivity contribution in [3.63, 3.8) is 0 Å². The number of nitrogens with zero attached hydrogens (tertiary/aromatic N) is 3. The molecule has 2 aromatic carbocycles. The highest BCUT2D eigenvalue weighted by Gasteiger charge is 2.15. The maximum atomic E-state index is 10.9. The van der Waals surface area contributed by atoms with Gasteiger partial charge in [-0.05, 0) is 43.3 Å². The van der Waals surface area contributed by atoms with Gasteiger partial charge in [0.25, 0.3) is 0 Å². The van der Waals surface area contributed by atoms with Crippen LogP contribution in [0.4, 0.5) is 28.7 Å². The Kier molecular flexibility index (Phi) is 4.98.